The lowest BCUT2D eigenvalue weighted by molar-refractivity contribution is -0.00549. The fourth-order valence-electron chi connectivity index (χ4n) is 2.36. The average Bonchev–Trinajstić information content (AvgIpc) is 2.92. The van der Waals surface area contributed by atoms with Gasteiger partial charge in [0.1, 0.15) is 5.75 Å². The van der Waals surface area contributed by atoms with Crippen molar-refractivity contribution in [1.29, 1.82) is 0 Å². The number of aliphatic hydroxyl groups excluding tert-OH is 1. The maximum absolute atomic E-state index is 9.80. The Morgan fingerprint density at radius 2 is 1.89 bits per heavy atom. The third-order valence-corrected chi connectivity index (χ3v) is 3.47. The van der Waals surface area contributed by atoms with Crippen molar-refractivity contribution in [3.63, 3.8) is 0 Å². The maximum Gasteiger partial charge on any atom is 0.115 e. The lowest BCUT2D eigenvalue weighted by atomic mass is 10.2. The summed E-state index contributed by atoms with van der Waals surface area (Å²) in [7, 11) is 0. The van der Waals surface area contributed by atoms with Crippen LogP contribution in [0.3, 0.4) is 0 Å². The number of hydrogen-bond donors (Lipinski definition) is 3. The van der Waals surface area contributed by atoms with Crippen LogP contribution < -0.4 is 5.32 Å². The molecule has 4 heteroatoms. The van der Waals surface area contributed by atoms with Crippen LogP contribution in [0.2, 0.25) is 0 Å². The zero-order chi connectivity index (χ0) is 13.5. The maximum atomic E-state index is 9.80. The monoisotopic (exact) mass is 265 g/mol. The van der Waals surface area contributed by atoms with Gasteiger partial charge in [-0.3, -0.25) is 0 Å². The van der Waals surface area contributed by atoms with Gasteiger partial charge in [0, 0.05) is 13.1 Å². The van der Waals surface area contributed by atoms with Crippen LogP contribution in [0.15, 0.2) is 24.3 Å². The first-order valence-corrected chi connectivity index (χ1v) is 7.02. The number of nitrogens with one attached hydrogen (secondary N) is 1. The van der Waals surface area contributed by atoms with E-state index in [9.17, 15) is 5.11 Å². The predicted molar refractivity (Wildman–Crippen MR) is 74.0 cm³/mol. The van der Waals surface area contributed by atoms with Gasteiger partial charge in [-0.25, -0.2) is 0 Å². The number of phenols is 1. The van der Waals surface area contributed by atoms with Crippen LogP contribution >= 0.6 is 0 Å². The number of benzene rings is 1. The molecule has 1 aliphatic rings. The molecule has 0 bridgehead atoms. The highest BCUT2D eigenvalue weighted by Crippen LogP contribution is 2.20. The first kappa shape index (κ1) is 14.3. The van der Waals surface area contributed by atoms with Crippen molar-refractivity contribution in [3.8, 4) is 5.75 Å². The zero-order valence-electron chi connectivity index (χ0n) is 11.2. The van der Waals surface area contributed by atoms with Crippen LogP contribution in [0.4, 0.5) is 0 Å². The fourth-order valence-corrected chi connectivity index (χ4v) is 2.36. The molecular weight excluding hydrogens is 242 g/mol. The van der Waals surface area contributed by atoms with Gasteiger partial charge in [-0.05, 0) is 30.5 Å². The highest BCUT2D eigenvalue weighted by molar-refractivity contribution is 5.25. The molecule has 1 unspecified atom stereocenters. The standard InChI is InChI=1S/C15H23NO3/c17-13-7-5-12(6-8-13)9-16-10-14(18)11-19-15-3-1-2-4-15/h5-8,14-18H,1-4,9-11H2. The molecule has 0 spiro atoms. The van der Waals surface area contributed by atoms with E-state index >= 15 is 0 Å². The van der Waals surface area contributed by atoms with Crippen LogP contribution in [0, 0.1) is 0 Å². The fraction of sp³-hybridized carbons (Fsp3) is 0.600. The Balaban J connectivity index is 1.58. The third kappa shape index (κ3) is 5.19. The summed E-state index contributed by atoms with van der Waals surface area (Å²) in [6.07, 6.45) is 4.66. The second-order valence-electron chi connectivity index (χ2n) is 5.19. The molecule has 3 N–H and O–H groups in total. The van der Waals surface area contributed by atoms with Crippen LogP contribution in [0.1, 0.15) is 31.2 Å². The first-order chi connectivity index (χ1) is 9.24. The van der Waals surface area contributed by atoms with E-state index in [0.29, 0.717) is 25.8 Å². The van der Waals surface area contributed by atoms with Crippen LogP contribution in [0.5, 0.6) is 5.75 Å². The molecule has 19 heavy (non-hydrogen) atoms. The number of ether oxygens (including phenoxy) is 1. The predicted octanol–water partition coefficient (Wildman–Crippen LogP) is 1.80. The summed E-state index contributed by atoms with van der Waals surface area (Å²) in [5.41, 5.74) is 1.08. The van der Waals surface area contributed by atoms with Gasteiger partial charge < -0.3 is 20.3 Å². The van der Waals surface area contributed by atoms with Crippen molar-refractivity contribution in [3.05, 3.63) is 29.8 Å². The van der Waals surface area contributed by atoms with E-state index in [2.05, 4.69) is 5.32 Å². The molecule has 0 aliphatic heterocycles. The van der Waals surface area contributed by atoms with Crippen molar-refractivity contribution >= 4 is 0 Å². The topological polar surface area (TPSA) is 61.7 Å². The van der Waals surface area contributed by atoms with Gasteiger partial charge in [-0.15, -0.1) is 0 Å². The molecule has 2 rings (SSSR count). The van der Waals surface area contributed by atoms with E-state index in [1.54, 1.807) is 12.1 Å². The lowest BCUT2D eigenvalue weighted by Gasteiger charge is -2.16. The molecule has 1 aliphatic carbocycles. The first-order valence-electron chi connectivity index (χ1n) is 7.02. The minimum Gasteiger partial charge on any atom is -0.508 e. The summed E-state index contributed by atoms with van der Waals surface area (Å²) in [5, 5.41) is 22.2. The van der Waals surface area contributed by atoms with Crippen molar-refractivity contribution in [2.45, 2.75) is 44.4 Å². The summed E-state index contributed by atoms with van der Waals surface area (Å²) in [6.45, 7) is 1.61. The summed E-state index contributed by atoms with van der Waals surface area (Å²) in [4.78, 5) is 0. The van der Waals surface area contributed by atoms with Crippen LogP contribution in [0.25, 0.3) is 0 Å². The molecule has 4 nitrogen and oxygen atoms in total. The van der Waals surface area contributed by atoms with Gasteiger partial charge in [0.2, 0.25) is 0 Å². The number of hydrogen-bond acceptors (Lipinski definition) is 4. The molecule has 1 aromatic rings. The Morgan fingerprint density at radius 3 is 2.58 bits per heavy atom. The van der Waals surface area contributed by atoms with Gasteiger partial charge in [0.05, 0.1) is 18.8 Å². The molecule has 1 atom stereocenters. The number of phenolic OH excluding ortho intramolecular Hbond substituents is 1. The van der Waals surface area contributed by atoms with E-state index in [-0.39, 0.29) is 5.75 Å². The van der Waals surface area contributed by atoms with E-state index in [4.69, 9.17) is 9.84 Å². The normalized spacial score (nSPS) is 17.7. The van der Waals surface area contributed by atoms with Crippen molar-refractivity contribution < 1.29 is 14.9 Å². The minimum absolute atomic E-state index is 0.272. The average molecular weight is 265 g/mol. The van der Waals surface area contributed by atoms with E-state index in [0.717, 1.165) is 18.4 Å². The molecule has 0 saturated heterocycles. The van der Waals surface area contributed by atoms with E-state index < -0.39 is 6.10 Å². The Hall–Kier alpha value is -1.10. The highest BCUT2D eigenvalue weighted by atomic mass is 16.5. The Labute approximate surface area is 114 Å². The minimum atomic E-state index is -0.460. The van der Waals surface area contributed by atoms with Crippen molar-refractivity contribution in [1.82, 2.24) is 5.32 Å². The molecule has 1 aromatic carbocycles. The van der Waals surface area contributed by atoms with Crippen molar-refractivity contribution in [2.24, 2.45) is 0 Å². The van der Waals surface area contributed by atoms with Gasteiger partial charge in [0.15, 0.2) is 0 Å². The highest BCUT2D eigenvalue weighted by Gasteiger charge is 2.16. The van der Waals surface area contributed by atoms with Gasteiger partial charge in [0.25, 0.3) is 0 Å². The lowest BCUT2D eigenvalue weighted by Crippen LogP contribution is -2.31. The third-order valence-electron chi connectivity index (χ3n) is 3.47. The number of aromatic hydroxyl groups is 1. The zero-order valence-corrected chi connectivity index (χ0v) is 11.2. The summed E-state index contributed by atoms with van der Waals surface area (Å²) < 4.78 is 5.66. The second kappa shape index (κ2) is 7.48. The second-order valence-corrected chi connectivity index (χ2v) is 5.19. The Kier molecular flexibility index (Phi) is 5.63. The molecule has 1 saturated carbocycles. The largest absolute Gasteiger partial charge is 0.508 e. The van der Waals surface area contributed by atoms with Crippen molar-refractivity contribution in [2.75, 3.05) is 13.2 Å². The summed E-state index contributed by atoms with van der Waals surface area (Å²) >= 11 is 0. The summed E-state index contributed by atoms with van der Waals surface area (Å²) in [5.74, 6) is 0.272. The van der Waals surface area contributed by atoms with E-state index in [1.165, 1.54) is 12.8 Å². The molecule has 1 fully saturated rings. The van der Waals surface area contributed by atoms with Crippen LogP contribution in [-0.2, 0) is 11.3 Å². The molecule has 0 aromatic heterocycles. The molecule has 0 radical (unpaired) electrons. The number of rotatable bonds is 7. The quantitative estimate of drug-likeness (QED) is 0.703. The van der Waals surface area contributed by atoms with Gasteiger partial charge in [-0.1, -0.05) is 25.0 Å². The smallest absolute Gasteiger partial charge is 0.115 e. The number of aliphatic hydroxyl groups is 1. The molecule has 0 amide bonds. The molecule has 106 valence electrons. The van der Waals surface area contributed by atoms with E-state index in [1.807, 2.05) is 12.1 Å². The molecular formula is C15H23NO3. The Bertz CT molecular complexity index is 360. The van der Waals surface area contributed by atoms with Gasteiger partial charge in [-0.2, -0.15) is 0 Å². The van der Waals surface area contributed by atoms with Crippen LogP contribution in [-0.4, -0.2) is 35.6 Å². The Morgan fingerprint density at radius 1 is 1.21 bits per heavy atom. The molecule has 0 heterocycles. The SMILES string of the molecule is Oc1ccc(CNCC(O)COC2CCCC2)cc1. The van der Waals surface area contributed by atoms with Gasteiger partial charge >= 0.3 is 0 Å². The summed E-state index contributed by atoms with van der Waals surface area (Å²) in [6, 6.07) is 7.06.